The Morgan fingerprint density at radius 2 is 0.897 bits per heavy atom. The van der Waals surface area contributed by atoms with Crippen molar-refractivity contribution in [3.63, 3.8) is 0 Å². The lowest BCUT2D eigenvalue weighted by atomic mass is 10.0. The van der Waals surface area contributed by atoms with Gasteiger partial charge >= 0.3 is 17.9 Å². The molecule has 0 aliphatic heterocycles. The van der Waals surface area contributed by atoms with E-state index in [2.05, 4.69) is 62.9 Å². The minimum absolute atomic E-state index is 0.0353. The average Bonchev–Trinajstić information content (AvgIpc) is 3.30. The molecule has 4 amide bonds. The summed E-state index contributed by atoms with van der Waals surface area (Å²) in [6, 6.07) is -1.94. The number of carbonyl (C=O) groups is 8. The second-order valence-corrected chi connectivity index (χ2v) is 16.4. The number of hydrogen-bond donors (Lipinski definition) is 10. The fraction of sp³-hybridized carbons (Fsp3) is 0.818. The van der Waals surface area contributed by atoms with Crippen molar-refractivity contribution >= 4 is 78.1 Å². The lowest BCUT2D eigenvalue weighted by Crippen LogP contribution is -2.41. The molecule has 0 aromatic heterocycles. The molecule has 0 radical (unpaired) electrons. The molecule has 0 saturated carbocycles. The Hall–Kier alpha value is -3.07. The molecule has 0 bridgehead atoms. The highest BCUT2D eigenvalue weighted by atomic mass is 32.1. The normalized spacial score (nSPS) is 11.9. The number of carbonyl (C=O) groups excluding carboxylic acids is 5. The predicted octanol–water partition coefficient (Wildman–Crippen LogP) is 3.54. The third kappa shape index (κ3) is 50.8. The average molecular weight is 1030 g/mol. The first-order chi connectivity index (χ1) is 32.6. The Morgan fingerprint density at radius 3 is 1.31 bits per heavy atom. The molecule has 68 heavy (non-hydrogen) atoms. The number of hydrogen-bond acceptors (Lipinski definition) is 14. The van der Waals surface area contributed by atoms with Gasteiger partial charge in [0.25, 0.3) is 0 Å². The van der Waals surface area contributed by atoms with Crippen LogP contribution in [0, 0.1) is 0 Å². The monoisotopic (exact) mass is 1030 g/mol. The van der Waals surface area contributed by atoms with Gasteiger partial charge in [0, 0.05) is 38.9 Å². The van der Waals surface area contributed by atoms with Gasteiger partial charge in [-0.2, -0.15) is 0 Å². The highest BCUT2D eigenvalue weighted by Gasteiger charge is 2.21. The maximum Gasteiger partial charge on any atom is 0.326 e. The molecule has 24 heteroatoms. The summed E-state index contributed by atoms with van der Waals surface area (Å²) >= 11 is 3.56. The molecule has 0 rings (SSSR count). The van der Waals surface area contributed by atoms with Crippen molar-refractivity contribution in [2.24, 2.45) is 0 Å². The van der Waals surface area contributed by atoms with Gasteiger partial charge in [-0.05, 0) is 45.4 Å². The molecule has 3 unspecified atom stereocenters. The molecule has 0 aromatic carbocycles. The minimum Gasteiger partial charge on any atom is -0.481 e. The first-order valence-electron chi connectivity index (χ1n) is 23.9. The number of carboxylic acids is 3. The number of aliphatic carboxylic acids is 3. The fourth-order valence-corrected chi connectivity index (χ4v) is 6.34. The topological polar surface area (TPSA) is 306 Å². The third-order valence-electron chi connectivity index (χ3n) is 9.55. The zero-order chi connectivity index (χ0) is 51.6. The van der Waals surface area contributed by atoms with Crippen LogP contribution >= 0.6 is 31.4 Å². The second-order valence-electron chi connectivity index (χ2n) is 15.3. The van der Waals surface area contributed by atoms with Gasteiger partial charge < -0.3 is 55.5 Å². The van der Waals surface area contributed by atoms with Crippen LogP contribution in [0.25, 0.3) is 0 Å². The van der Waals surface area contributed by atoms with Crippen LogP contribution < -0.4 is 31.4 Å². The standard InChI is InChI=1S/C39H72N5O14P.C3H8NOPS.C2H6/c45-33(19-18-31(38(51)52)43-34(46)16-11-9-7-5-3-1-2-4-6-8-10-12-17-37(49)50)41-21-23-55-25-28-58-30-36(48)42-22-24-56-26-27-57-29-35(47)40-20-14-13-15-32(44-59)39(53)54;1-2(4-6)3(5)7;1-2/h31-32,44H,1-30,59H2,(H,40,47)(H,41,45)(H,42,48)(H,43,46)(H,49,50)(H,51,52)(H,53,54);2,4H,6H2,1H3,(H,5,7);1-2H3/t31-,32-;;/m0../s1. The van der Waals surface area contributed by atoms with Gasteiger partial charge in [-0.3, -0.25) is 43.7 Å². The third-order valence-corrected chi connectivity index (χ3v) is 10.8. The van der Waals surface area contributed by atoms with E-state index in [4.69, 9.17) is 29.2 Å². The number of carboxylic acid groups (broad SMARTS) is 3. The summed E-state index contributed by atoms with van der Waals surface area (Å²) in [6.45, 7) is 7.57. The van der Waals surface area contributed by atoms with E-state index in [9.17, 15) is 43.5 Å². The van der Waals surface area contributed by atoms with Crippen molar-refractivity contribution in [1.82, 2.24) is 31.4 Å². The summed E-state index contributed by atoms with van der Waals surface area (Å²) in [5.41, 5.74) is 0. The Bertz CT molecular complexity index is 1350. The molecule has 0 aliphatic carbocycles. The summed E-state index contributed by atoms with van der Waals surface area (Å²) in [6.07, 6.45) is 14.4. The molecular weight excluding hydrogens is 947 g/mol. The summed E-state index contributed by atoms with van der Waals surface area (Å²) in [7, 11) is 4.43. The smallest absolute Gasteiger partial charge is 0.326 e. The first kappa shape index (κ1) is 69.2. The van der Waals surface area contributed by atoms with Gasteiger partial charge in [-0.15, -0.1) is 12.6 Å². The van der Waals surface area contributed by atoms with Crippen molar-refractivity contribution in [2.75, 3.05) is 72.5 Å². The van der Waals surface area contributed by atoms with Gasteiger partial charge in [0.2, 0.25) is 28.7 Å². The van der Waals surface area contributed by atoms with E-state index in [0.717, 1.165) is 51.4 Å². The molecule has 21 nitrogen and oxygen atoms in total. The van der Waals surface area contributed by atoms with Crippen LogP contribution in [0.2, 0.25) is 0 Å². The van der Waals surface area contributed by atoms with E-state index in [0.29, 0.717) is 32.2 Å². The van der Waals surface area contributed by atoms with Crippen molar-refractivity contribution in [3.8, 4) is 0 Å². The Kier molecular flexibility index (Phi) is 52.7. The van der Waals surface area contributed by atoms with Crippen LogP contribution in [0.5, 0.6) is 0 Å². The highest BCUT2D eigenvalue weighted by Crippen LogP contribution is 2.13. The number of thiol groups is 1. The maximum absolute atomic E-state index is 12.3. The fourth-order valence-electron chi connectivity index (χ4n) is 5.66. The van der Waals surface area contributed by atoms with Crippen molar-refractivity contribution in [1.29, 1.82) is 0 Å². The first-order valence-corrected chi connectivity index (χ1v) is 25.5. The zero-order valence-electron chi connectivity index (χ0n) is 40.8. The number of ether oxygens (including phenoxy) is 4. The van der Waals surface area contributed by atoms with Crippen LogP contribution in [0.4, 0.5) is 0 Å². The number of unbranched alkanes of at least 4 members (excludes halogenated alkanes) is 12. The number of amides is 4. The van der Waals surface area contributed by atoms with Gasteiger partial charge in [0.05, 0.1) is 45.7 Å². The predicted molar refractivity (Wildman–Crippen MR) is 269 cm³/mol. The molecule has 9 N–H and O–H groups in total. The van der Waals surface area contributed by atoms with Crippen LogP contribution in [0.3, 0.4) is 0 Å². The zero-order valence-corrected chi connectivity index (χ0v) is 44.0. The Balaban J connectivity index is -0.00000426. The molecule has 0 fully saturated rings. The van der Waals surface area contributed by atoms with Crippen LogP contribution in [-0.2, 0) is 57.3 Å². The van der Waals surface area contributed by atoms with E-state index < -0.39 is 30.0 Å². The Labute approximate surface area is 414 Å². The number of nitrogens with one attached hydrogen (secondary N) is 6. The molecule has 0 heterocycles. The van der Waals surface area contributed by atoms with E-state index in [-0.39, 0.29) is 126 Å². The van der Waals surface area contributed by atoms with Gasteiger partial charge in [0.15, 0.2) is 0 Å². The van der Waals surface area contributed by atoms with Crippen LogP contribution in [0.15, 0.2) is 0 Å². The molecular formula is C44H86N6O15P2S. The van der Waals surface area contributed by atoms with Gasteiger partial charge in [-0.1, -0.05) is 96.8 Å². The summed E-state index contributed by atoms with van der Waals surface area (Å²) in [5.74, 6) is -4.15. The SMILES string of the molecule is CC.CC(NP)C(=O)S.O=C(O)CCCCCCCCCCCCCCC(=O)N[C@@H](CCC(=O)NCCOCCOCC(=O)NCCOCCOCC(=O)NCCCC[C@H](NP)C(=O)O)C(=O)O. The highest BCUT2D eigenvalue weighted by molar-refractivity contribution is 7.96. The molecule has 398 valence electrons. The van der Waals surface area contributed by atoms with E-state index in [1.807, 2.05) is 13.8 Å². The molecule has 0 aromatic rings. The Morgan fingerprint density at radius 1 is 0.471 bits per heavy atom. The van der Waals surface area contributed by atoms with E-state index in [1.165, 1.54) is 19.3 Å². The summed E-state index contributed by atoms with van der Waals surface area (Å²) < 4.78 is 21.2. The van der Waals surface area contributed by atoms with Crippen molar-refractivity contribution in [2.45, 2.75) is 161 Å². The van der Waals surface area contributed by atoms with E-state index in [1.54, 1.807) is 6.92 Å². The maximum atomic E-state index is 12.3. The van der Waals surface area contributed by atoms with Gasteiger partial charge in [0.1, 0.15) is 25.3 Å². The van der Waals surface area contributed by atoms with Gasteiger partial charge in [-0.25, -0.2) is 4.79 Å². The number of rotatable bonds is 45. The molecule has 0 spiro atoms. The van der Waals surface area contributed by atoms with Crippen molar-refractivity contribution < 1.29 is 72.6 Å². The summed E-state index contributed by atoms with van der Waals surface area (Å²) in [4.78, 5) is 91.3. The largest absolute Gasteiger partial charge is 0.481 e. The summed E-state index contributed by atoms with van der Waals surface area (Å²) in [5, 5.41) is 42.8. The second kappa shape index (κ2) is 51.8. The molecule has 0 saturated heterocycles. The quantitative estimate of drug-likeness (QED) is 0.0237. The van der Waals surface area contributed by atoms with Crippen LogP contribution in [0.1, 0.15) is 143 Å². The molecule has 0 aliphatic rings. The lowest BCUT2D eigenvalue weighted by molar-refractivity contribution is -0.142. The molecule has 5 atom stereocenters. The van der Waals surface area contributed by atoms with Crippen molar-refractivity contribution in [3.05, 3.63) is 0 Å². The minimum atomic E-state index is -1.19. The van der Waals surface area contributed by atoms with E-state index >= 15 is 0 Å². The van der Waals surface area contributed by atoms with Crippen LogP contribution in [-0.4, -0.2) is 153 Å². The lowest BCUT2D eigenvalue weighted by Gasteiger charge is -2.14.